The summed E-state index contributed by atoms with van der Waals surface area (Å²) in [5.74, 6) is 0.806. The lowest BCUT2D eigenvalue weighted by Gasteiger charge is -2.13. The maximum absolute atomic E-state index is 12.4. The van der Waals surface area contributed by atoms with Gasteiger partial charge in [-0.15, -0.1) is 0 Å². The number of aromatic amines is 1. The molecule has 6 heteroatoms. The van der Waals surface area contributed by atoms with Crippen LogP contribution in [0.1, 0.15) is 23.3 Å². The zero-order chi connectivity index (χ0) is 14.8. The number of nitrogens with zero attached hydrogens (tertiary/aromatic N) is 2. The number of hydrogen-bond acceptors (Lipinski definition) is 3. The average Bonchev–Trinajstić information content (AvgIpc) is 3.16. The van der Waals surface area contributed by atoms with E-state index in [9.17, 15) is 4.79 Å². The number of H-pyrrole nitrogens is 1. The van der Waals surface area contributed by atoms with E-state index >= 15 is 0 Å². The molecular formula is C15H17N3O2S. The van der Waals surface area contributed by atoms with E-state index in [4.69, 9.17) is 17.0 Å². The summed E-state index contributed by atoms with van der Waals surface area (Å²) >= 11 is 5.32. The smallest absolute Gasteiger partial charge is 0.271 e. The Kier molecular flexibility index (Phi) is 3.79. The van der Waals surface area contributed by atoms with Crippen molar-refractivity contribution in [3.05, 3.63) is 40.9 Å². The van der Waals surface area contributed by atoms with Crippen LogP contribution < -0.4 is 4.74 Å². The van der Waals surface area contributed by atoms with Gasteiger partial charge in [-0.05, 0) is 49.3 Å². The summed E-state index contributed by atoms with van der Waals surface area (Å²) < 4.78 is 7.46. The van der Waals surface area contributed by atoms with Crippen molar-refractivity contribution in [3.63, 3.8) is 0 Å². The molecule has 0 spiro atoms. The Labute approximate surface area is 128 Å². The maximum atomic E-state index is 12.4. The van der Waals surface area contributed by atoms with Gasteiger partial charge in [0, 0.05) is 25.0 Å². The fourth-order valence-corrected chi connectivity index (χ4v) is 2.80. The van der Waals surface area contributed by atoms with Gasteiger partial charge in [0.25, 0.3) is 5.91 Å². The first-order chi connectivity index (χ1) is 10.2. The van der Waals surface area contributed by atoms with E-state index in [1.165, 1.54) is 0 Å². The molecule has 0 saturated carbocycles. The molecule has 5 nitrogen and oxygen atoms in total. The van der Waals surface area contributed by atoms with E-state index in [0.717, 1.165) is 37.4 Å². The molecular weight excluding hydrogens is 286 g/mol. The third kappa shape index (κ3) is 2.71. The van der Waals surface area contributed by atoms with E-state index in [0.29, 0.717) is 10.5 Å². The predicted molar refractivity (Wildman–Crippen MR) is 82.6 cm³/mol. The van der Waals surface area contributed by atoms with E-state index < -0.39 is 0 Å². The third-order valence-corrected chi connectivity index (χ3v) is 3.99. The number of aromatic nitrogens is 2. The van der Waals surface area contributed by atoms with Gasteiger partial charge in [0.05, 0.1) is 7.11 Å². The van der Waals surface area contributed by atoms with Gasteiger partial charge in [0.15, 0.2) is 4.77 Å². The Morgan fingerprint density at radius 2 is 1.90 bits per heavy atom. The van der Waals surface area contributed by atoms with Crippen LogP contribution in [0.5, 0.6) is 5.75 Å². The van der Waals surface area contributed by atoms with E-state index in [1.54, 1.807) is 17.9 Å². The van der Waals surface area contributed by atoms with Gasteiger partial charge in [-0.25, -0.2) is 0 Å². The minimum absolute atomic E-state index is 0.0193. The van der Waals surface area contributed by atoms with Gasteiger partial charge >= 0.3 is 0 Å². The highest BCUT2D eigenvalue weighted by atomic mass is 32.1. The normalized spacial score (nSPS) is 14.4. The summed E-state index contributed by atoms with van der Waals surface area (Å²) in [6.07, 6.45) is 3.92. The first-order valence-electron chi connectivity index (χ1n) is 6.94. The van der Waals surface area contributed by atoms with Crippen LogP contribution >= 0.6 is 12.2 Å². The van der Waals surface area contributed by atoms with Crippen LogP contribution in [0.15, 0.2) is 30.5 Å². The number of nitrogens with one attached hydrogen (secondary N) is 1. The topological polar surface area (TPSA) is 50.3 Å². The van der Waals surface area contributed by atoms with E-state index in [-0.39, 0.29) is 5.91 Å². The number of amides is 1. The Morgan fingerprint density at radius 1 is 1.24 bits per heavy atom. The van der Waals surface area contributed by atoms with Crippen LogP contribution in [-0.2, 0) is 0 Å². The Balaban J connectivity index is 1.89. The third-order valence-electron chi connectivity index (χ3n) is 3.69. The van der Waals surface area contributed by atoms with E-state index in [2.05, 4.69) is 4.98 Å². The van der Waals surface area contributed by atoms with Gasteiger partial charge in [-0.1, -0.05) is 0 Å². The first-order valence-corrected chi connectivity index (χ1v) is 7.35. The number of hydrogen-bond donors (Lipinski definition) is 1. The molecule has 0 radical (unpaired) electrons. The molecule has 1 aliphatic heterocycles. The van der Waals surface area contributed by atoms with Crippen molar-refractivity contribution < 1.29 is 9.53 Å². The predicted octanol–water partition coefficient (Wildman–Crippen LogP) is 2.78. The highest BCUT2D eigenvalue weighted by Gasteiger charge is 2.21. The molecule has 1 fully saturated rings. The van der Waals surface area contributed by atoms with Gasteiger partial charge in [0.2, 0.25) is 0 Å². The van der Waals surface area contributed by atoms with Gasteiger partial charge in [-0.2, -0.15) is 0 Å². The van der Waals surface area contributed by atoms with Crippen molar-refractivity contribution in [1.29, 1.82) is 0 Å². The van der Waals surface area contributed by atoms with Crippen molar-refractivity contribution in [3.8, 4) is 11.4 Å². The van der Waals surface area contributed by atoms with Crippen LogP contribution in [0, 0.1) is 4.77 Å². The second-order valence-electron chi connectivity index (χ2n) is 5.04. The number of benzene rings is 1. The molecule has 0 aliphatic carbocycles. The standard InChI is InChI=1S/C15H17N3O2S/c1-20-12-6-4-11(5-7-12)18-10-13(16-15(18)21)14(19)17-8-2-3-9-17/h4-7,10H,2-3,8-9H2,1H3,(H,16,21). The molecule has 2 aromatic rings. The fraction of sp³-hybridized carbons (Fsp3) is 0.333. The minimum Gasteiger partial charge on any atom is -0.497 e. The van der Waals surface area contributed by atoms with E-state index in [1.807, 2.05) is 29.2 Å². The molecule has 1 saturated heterocycles. The SMILES string of the molecule is COc1ccc(-n2cc(C(=O)N3CCCC3)[nH]c2=S)cc1. The molecule has 1 aromatic heterocycles. The second-order valence-corrected chi connectivity index (χ2v) is 5.43. The molecule has 110 valence electrons. The Morgan fingerprint density at radius 3 is 2.52 bits per heavy atom. The van der Waals surface area contributed by atoms with Crippen LogP contribution in [0.25, 0.3) is 5.69 Å². The summed E-state index contributed by atoms with van der Waals surface area (Å²) in [7, 11) is 1.63. The number of likely N-dealkylation sites (tertiary alicyclic amines) is 1. The lowest BCUT2D eigenvalue weighted by molar-refractivity contribution is 0.0787. The van der Waals surface area contributed by atoms with Crippen LogP contribution in [-0.4, -0.2) is 40.6 Å². The molecule has 21 heavy (non-hydrogen) atoms. The maximum Gasteiger partial charge on any atom is 0.271 e. The van der Waals surface area contributed by atoms with Crippen molar-refractivity contribution in [2.45, 2.75) is 12.8 Å². The molecule has 2 heterocycles. The Bertz CT molecular complexity index is 696. The number of imidazole rings is 1. The highest BCUT2D eigenvalue weighted by Crippen LogP contribution is 2.17. The van der Waals surface area contributed by atoms with Gasteiger partial charge in [-0.3, -0.25) is 9.36 Å². The van der Waals surface area contributed by atoms with Crippen molar-refractivity contribution in [2.75, 3.05) is 20.2 Å². The van der Waals surface area contributed by atoms with Crippen LogP contribution in [0.4, 0.5) is 0 Å². The van der Waals surface area contributed by atoms with Crippen LogP contribution in [0.3, 0.4) is 0 Å². The van der Waals surface area contributed by atoms with Gasteiger partial charge in [0.1, 0.15) is 11.4 Å². The monoisotopic (exact) mass is 303 g/mol. The number of methoxy groups -OCH3 is 1. The largest absolute Gasteiger partial charge is 0.497 e. The van der Waals surface area contributed by atoms with Crippen molar-refractivity contribution in [2.24, 2.45) is 0 Å². The summed E-state index contributed by atoms with van der Waals surface area (Å²) in [6, 6.07) is 7.55. The number of carbonyl (C=O) groups excluding carboxylic acids is 1. The van der Waals surface area contributed by atoms with Gasteiger partial charge < -0.3 is 14.6 Å². The molecule has 1 amide bonds. The quantitative estimate of drug-likeness (QED) is 0.887. The highest BCUT2D eigenvalue weighted by molar-refractivity contribution is 7.71. The fourth-order valence-electron chi connectivity index (χ4n) is 2.53. The average molecular weight is 303 g/mol. The van der Waals surface area contributed by atoms with Crippen LogP contribution in [0.2, 0.25) is 0 Å². The minimum atomic E-state index is 0.0193. The summed E-state index contributed by atoms with van der Waals surface area (Å²) in [5.41, 5.74) is 1.44. The van der Waals surface area contributed by atoms with Crippen molar-refractivity contribution >= 4 is 18.1 Å². The lowest BCUT2D eigenvalue weighted by Crippen LogP contribution is -2.27. The summed E-state index contributed by atoms with van der Waals surface area (Å²) in [5, 5.41) is 0. The lowest BCUT2D eigenvalue weighted by atomic mass is 10.3. The molecule has 3 rings (SSSR count). The number of carbonyl (C=O) groups is 1. The molecule has 1 aromatic carbocycles. The molecule has 1 N–H and O–H groups in total. The first kappa shape index (κ1) is 13.9. The zero-order valence-electron chi connectivity index (χ0n) is 11.8. The zero-order valence-corrected chi connectivity index (χ0v) is 12.7. The molecule has 0 unspecified atom stereocenters. The summed E-state index contributed by atoms with van der Waals surface area (Å²) in [6.45, 7) is 1.65. The molecule has 1 aliphatic rings. The number of rotatable bonds is 3. The number of ether oxygens (including phenoxy) is 1. The summed E-state index contributed by atoms with van der Waals surface area (Å²) in [4.78, 5) is 17.2. The van der Waals surface area contributed by atoms with Crippen molar-refractivity contribution in [1.82, 2.24) is 14.5 Å². The molecule has 0 atom stereocenters. The molecule has 0 bridgehead atoms. The second kappa shape index (κ2) is 5.73. The Hall–Kier alpha value is -2.08.